The van der Waals surface area contributed by atoms with E-state index in [4.69, 9.17) is 11.6 Å². The van der Waals surface area contributed by atoms with E-state index in [2.05, 4.69) is 15.6 Å². The number of carbonyl (C=O) groups excluding carboxylic acids is 1. The summed E-state index contributed by atoms with van der Waals surface area (Å²) in [5.41, 5.74) is -0.639. The predicted octanol–water partition coefficient (Wildman–Crippen LogP) is 5.07. The van der Waals surface area contributed by atoms with Crippen LogP contribution in [0.25, 0.3) is 0 Å². The Labute approximate surface area is 148 Å². The van der Waals surface area contributed by atoms with E-state index in [1.165, 1.54) is 18.3 Å². The molecule has 4 nitrogen and oxygen atoms in total. The van der Waals surface area contributed by atoms with Crippen LogP contribution in [0.2, 0.25) is 5.02 Å². The molecule has 1 amide bonds. The normalized spacial score (nSPS) is 11.5. The molecule has 0 spiro atoms. The Morgan fingerprint density at radius 3 is 2.52 bits per heavy atom. The molecule has 2 aromatic rings. The molecule has 134 valence electrons. The average molecular weight is 372 g/mol. The summed E-state index contributed by atoms with van der Waals surface area (Å²) < 4.78 is 39.2. The maximum absolute atomic E-state index is 13.1. The van der Waals surface area contributed by atoms with Crippen LogP contribution in [0.3, 0.4) is 0 Å². The minimum absolute atomic E-state index is 0.0122. The number of hydrogen-bond donors (Lipinski definition) is 2. The zero-order chi connectivity index (χ0) is 18.6. The van der Waals surface area contributed by atoms with Crippen molar-refractivity contribution in [1.82, 2.24) is 4.98 Å². The quantitative estimate of drug-likeness (QED) is 0.771. The smallest absolute Gasteiger partial charge is 0.384 e. The van der Waals surface area contributed by atoms with Crippen LogP contribution in [0.1, 0.15) is 29.9 Å². The van der Waals surface area contributed by atoms with E-state index in [1.807, 2.05) is 13.8 Å². The molecule has 0 unspecified atom stereocenters. The van der Waals surface area contributed by atoms with Crippen LogP contribution in [0, 0.1) is 5.92 Å². The summed E-state index contributed by atoms with van der Waals surface area (Å²) in [6, 6.07) is 6.25. The van der Waals surface area contributed by atoms with Crippen molar-refractivity contribution in [3.8, 4) is 0 Å². The number of anilines is 2. The van der Waals surface area contributed by atoms with Crippen molar-refractivity contribution in [3.05, 3.63) is 52.8 Å². The fourth-order valence-electron chi connectivity index (χ4n) is 2.00. The highest BCUT2D eigenvalue weighted by molar-refractivity contribution is 6.30. The largest absolute Gasteiger partial charge is 0.418 e. The van der Waals surface area contributed by atoms with E-state index in [1.54, 1.807) is 6.07 Å². The number of aromatic nitrogens is 1. The zero-order valence-corrected chi connectivity index (χ0v) is 14.4. The van der Waals surface area contributed by atoms with Gasteiger partial charge in [-0.2, -0.15) is 13.2 Å². The molecule has 0 fully saturated rings. The van der Waals surface area contributed by atoms with E-state index in [0.29, 0.717) is 5.92 Å². The van der Waals surface area contributed by atoms with Gasteiger partial charge in [-0.25, -0.2) is 4.98 Å². The van der Waals surface area contributed by atoms with Crippen molar-refractivity contribution in [1.29, 1.82) is 0 Å². The summed E-state index contributed by atoms with van der Waals surface area (Å²) in [5, 5.41) is 5.30. The number of alkyl halides is 3. The van der Waals surface area contributed by atoms with Crippen molar-refractivity contribution in [2.24, 2.45) is 5.92 Å². The molecule has 1 aromatic carbocycles. The number of hydrogen-bond acceptors (Lipinski definition) is 3. The van der Waals surface area contributed by atoms with Gasteiger partial charge >= 0.3 is 6.18 Å². The van der Waals surface area contributed by atoms with Crippen molar-refractivity contribution in [2.45, 2.75) is 20.0 Å². The van der Waals surface area contributed by atoms with Gasteiger partial charge in [-0.15, -0.1) is 0 Å². The number of rotatable bonds is 5. The Hall–Kier alpha value is -2.28. The fourth-order valence-corrected chi connectivity index (χ4v) is 2.17. The van der Waals surface area contributed by atoms with Gasteiger partial charge in [-0.1, -0.05) is 25.4 Å². The van der Waals surface area contributed by atoms with E-state index < -0.39 is 17.6 Å². The molecule has 25 heavy (non-hydrogen) atoms. The van der Waals surface area contributed by atoms with Gasteiger partial charge in [-0.3, -0.25) is 4.79 Å². The third-order valence-corrected chi connectivity index (χ3v) is 3.48. The number of benzene rings is 1. The lowest BCUT2D eigenvalue weighted by atomic mass is 10.1. The van der Waals surface area contributed by atoms with Gasteiger partial charge in [0.2, 0.25) is 0 Å². The van der Waals surface area contributed by atoms with E-state index >= 15 is 0 Å². The molecule has 1 heterocycles. The van der Waals surface area contributed by atoms with Crippen molar-refractivity contribution in [2.75, 3.05) is 17.2 Å². The van der Waals surface area contributed by atoms with Gasteiger partial charge < -0.3 is 10.6 Å². The lowest BCUT2D eigenvalue weighted by Crippen LogP contribution is -2.18. The van der Waals surface area contributed by atoms with Gasteiger partial charge in [0.05, 0.1) is 23.1 Å². The number of halogens is 4. The van der Waals surface area contributed by atoms with Crippen LogP contribution in [-0.4, -0.2) is 17.4 Å². The summed E-state index contributed by atoms with van der Waals surface area (Å²) >= 11 is 5.61. The lowest BCUT2D eigenvalue weighted by molar-refractivity contribution is -0.136. The van der Waals surface area contributed by atoms with Crippen LogP contribution >= 0.6 is 11.6 Å². The molecule has 0 aliphatic rings. The fraction of sp³-hybridized carbons (Fsp3) is 0.294. The SMILES string of the molecule is CC(C)CNc1ccc(C(=O)Nc2ccc(Cl)cc2C(F)(F)F)nc1. The molecule has 0 atom stereocenters. The van der Waals surface area contributed by atoms with E-state index in [-0.39, 0.29) is 16.4 Å². The highest BCUT2D eigenvalue weighted by Crippen LogP contribution is 2.36. The third-order valence-electron chi connectivity index (χ3n) is 3.25. The summed E-state index contributed by atoms with van der Waals surface area (Å²) in [6.45, 7) is 4.84. The minimum atomic E-state index is -4.63. The molecule has 0 saturated heterocycles. The first-order valence-electron chi connectivity index (χ1n) is 7.55. The Balaban J connectivity index is 2.15. The average Bonchev–Trinajstić information content (AvgIpc) is 2.54. The van der Waals surface area contributed by atoms with E-state index in [9.17, 15) is 18.0 Å². The first kappa shape index (κ1) is 19.1. The van der Waals surface area contributed by atoms with Gasteiger partial charge in [0, 0.05) is 11.6 Å². The summed E-state index contributed by atoms with van der Waals surface area (Å²) in [4.78, 5) is 16.1. The Kier molecular flexibility index (Phi) is 5.89. The Morgan fingerprint density at radius 2 is 1.96 bits per heavy atom. The molecule has 1 aromatic heterocycles. The van der Waals surface area contributed by atoms with Crippen molar-refractivity contribution in [3.63, 3.8) is 0 Å². The number of nitrogens with one attached hydrogen (secondary N) is 2. The van der Waals surface area contributed by atoms with Gasteiger partial charge in [0.25, 0.3) is 5.91 Å². The number of carbonyl (C=O) groups is 1. The van der Waals surface area contributed by atoms with Crippen LogP contribution in [0.5, 0.6) is 0 Å². The summed E-state index contributed by atoms with van der Waals surface area (Å²) in [7, 11) is 0. The highest BCUT2D eigenvalue weighted by atomic mass is 35.5. The Morgan fingerprint density at radius 1 is 1.24 bits per heavy atom. The van der Waals surface area contributed by atoms with Crippen LogP contribution in [-0.2, 0) is 6.18 Å². The number of amides is 1. The first-order chi connectivity index (χ1) is 11.7. The molecular formula is C17H17ClF3N3O. The van der Waals surface area contributed by atoms with Gasteiger partial charge in [-0.05, 0) is 36.2 Å². The molecule has 0 aliphatic heterocycles. The molecule has 0 radical (unpaired) electrons. The molecule has 2 N–H and O–H groups in total. The molecule has 0 aliphatic carbocycles. The standard InChI is InChI=1S/C17H17ClF3N3O/c1-10(2)8-22-12-4-6-15(23-9-12)16(25)24-14-5-3-11(18)7-13(14)17(19,20)21/h3-7,9-10,22H,8H2,1-2H3,(H,24,25). The Bertz CT molecular complexity index is 746. The second kappa shape index (κ2) is 7.74. The van der Waals surface area contributed by atoms with Crippen LogP contribution in [0.15, 0.2) is 36.5 Å². The maximum Gasteiger partial charge on any atom is 0.418 e. The second-order valence-corrected chi connectivity index (χ2v) is 6.29. The number of nitrogens with zero attached hydrogens (tertiary/aromatic N) is 1. The predicted molar refractivity (Wildman–Crippen MR) is 92.0 cm³/mol. The monoisotopic (exact) mass is 371 g/mol. The van der Waals surface area contributed by atoms with Crippen LogP contribution < -0.4 is 10.6 Å². The molecule has 0 saturated carbocycles. The van der Waals surface area contributed by atoms with Crippen LogP contribution in [0.4, 0.5) is 24.5 Å². The minimum Gasteiger partial charge on any atom is -0.384 e. The first-order valence-corrected chi connectivity index (χ1v) is 7.92. The molecule has 2 rings (SSSR count). The highest BCUT2D eigenvalue weighted by Gasteiger charge is 2.34. The zero-order valence-electron chi connectivity index (χ0n) is 13.6. The summed E-state index contributed by atoms with van der Waals surface area (Å²) in [5.74, 6) is -0.295. The second-order valence-electron chi connectivity index (χ2n) is 5.85. The maximum atomic E-state index is 13.1. The van der Waals surface area contributed by atoms with E-state index in [0.717, 1.165) is 24.4 Å². The van der Waals surface area contributed by atoms with Crippen molar-refractivity contribution >= 4 is 28.9 Å². The molecule has 0 bridgehead atoms. The number of pyridine rings is 1. The van der Waals surface area contributed by atoms with Gasteiger partial charge in [0.15, 0.2) is 0 Å². The topological polar surface area (TPSA) is 54.0 Å². The third kappa shape index (κ3) is 5.35. The molecule has 8 heteroatoms. The van der Waals surface area contributed by atoms with Crippen molar-refractivity contribution < 1.29 is 18.0 Å². The lowest BCUT2D eigenvalue weighted by Gasteiger charge is -2.14. The summed E-state index contributed by atoms with van der Waals surface area (Å²) in [6.07, 6.45) is -3.17. The molecular weight excluding hydrogens is 355 g/mol. The van der Waals surface area contributed by atoms with Gasteiger partial charge in [0.1, 0.15) is 5.69 Å².